The van der Waals surface area contributed by atoms with Crippen LogP contribution in [0.15, 0.2) is 28.7 Å². The molecular formula is C11H13BrN2O3. The van der Waals surface area contributed by atoms with Crippen LogP contribution in [0.4, 0.5) is 0 Å². The maximum Gasteiger partial charge on any atom is 0.251 e. The zero-order chi connectivity index (χ0) is 12.7. The molecule has 1 rings (SSSR count). The lowest BCUT2D eigenvalue weighted by Gasteiger charge is -2.06. The van der Waals surface area contributed by atoms with Gasteiger partial charge in [0.1, 0.15) is 0 Å². The lowest BCUT2D eigenvalue weighted by Crippen LogP contribution is -2.37. The van der Waals surface area contributed by atoms with Crippen LogP contribution in [0.5, 0.6) is 0 Å². The van der Waals surface area contributed by atoms with Gasteiger partial charge in [-0.3, -0.25) is 9.59 Å². The lowest BCUT2D eigenvalue weighted by molar-refractivity contribution is -0.120. The Bertz CT molecular complexity index is 409. The molecule has 1 aromatic carbocycles. The van der Waals surface area contributed by atoms with E-state index in [1.807, 2.05) is 6.07 Å². The fraction of sp³-hybridized carbons (Fsp3) is 0.273. The van der Waals surface area contributed by atoms with Gasteiger partial charge < -0.3 is 15.7 Å². The Morgan fingerprint density at radius 2 is 2.06 bits per heavy atom. The van der Waals surface area contributed by atoms with Gasteiger partial charge >= 0.3 is 0 Å². The molecule has 0 atom stereocenters. The Hall–Kier alpha value is -1.40. The highest BCUT2D eigenvalue weighted by molar-refractivity contribution is 9.10. The van der Waals surface area contributed by atoms with E-state index in [0.717, 1.165) is 4.47 Å². The van der Waals surface area contributed by atoms with Crippen LogP contribution in [0.1, 0.15) is 10.4 Å². The van der Waals surface area contributed by atoms with Crippen molar-refractivity contribution < 1.29 is 14.7 Å². The van der Waals surface area contributed by atoms with Crippen molar-refractivity contribution in [1.29, 1.82) is 0 Å². The van der Waals surface area contributed by atoms with Crippen LogP contribution < -0.4 is 10.6 Å². The topological polar surface area (TPSA) is 78.4 Å². The van der Waals surface area contributed by atoms with Gasteiger partial charge in [-0.15, -0.1) is 0 Å². The number of halogens is 1. The maximum absolute atomic E-state index is 11.6. The van der Waals surface area contributed by atoms with Crippen LogP contribution in [-0.4, -0.2) is 36.6 Å². The van der Waals surface area contributed by atoms with Crippen molar-refractivity contribution in [2.24, 2.45) is 0 Å². The summed E-state index contributed by atoms with van der Waals surface area (Å²) in [4.78, 5) is 22.8. The van der Waals surface area contributed by atoms with Crippen molar-refractivity contribution in [2.75, 3.05) is 19.7 Å². The molecule has 92 valence electrons. The van der Waals surface area contributed by atoms with Crippen molar-refractivity contribution in [1.82, 2.24) is 10.6 Å². The fourth-order valence-corrected chi connectivity index (χ4v) is 1.55. The molecule has 6 heteroatoms. The Balaban J connectivity index is 2.42. The molecule has 0 unspecified atom stereocenters. The standard InChI is InChI=1S/C11H13BrN2O3/c12-9-3-1-2-8(6-9)11(17)14-7-10(16)13-4-5-15/h1-3,6,15H,4-5,7H2,(H,13,16)(H,14,17). The number of aliphatic hydroxyl groups excluding tert-OH is 1. The molecule has 3 N–H and O–H groups in total. The van der Waals surface area contributed by atoms with Crippen molar-refractivity contribution in [3.05, 3.63) is 34.3 Å². The van der Waals surface area contributed by atoms with Crippen LogP contribution in [0.25, 0.3) is 0 Å². The molecule has 1 aromatic rings. The zero-order valence-electron chi connectivity index (χ0n) is 9.07. The number of benzene rings is 1. The molecule has 0 saturated heterocycles. The number of nitrogens with one attached hydrogen (secondary N) is 2. The fourth-order valence-electron chi connectivity index (χ4n) is 1.15. The van der Waals surface area contributed by atoms with Crippen LogP contribution >= 0.6 is 15.9 Å². The van der Waals surface area contributed by atoms with Gasteiger partial charge in [-0.05, 0) is 18.2 Å². The SMILES string of the molecule is O=C(CNC(=O)c1cccc(Br)c1)NCCO. The molecule has 0 heterocycles. The molecule has 0 bridgehead atoms. The van der Waals surface area contributed by atoms with Gasteiger partial charge in [0, 0.05) is 16.6 Å². The van der Waals surface area contributed by atoms with Gasteiger partial charge in [-0.1, -0.05) is 22.0 Å². The molecule has 0 aliphatic carbocycles. The molecule has 0 saturated carbocycles. The van der Waals surface area contributed by atoms with Crippen LogP contribution in [0, 0.1) is 0 Å². The van der Waals surface area contributed by atoms with Gasteiger partial charge in [0.2, 0.25) is 5.91 Å². The first-order valence-electron chi connectivity index (χ1n) is 5.05. The van der Waals surface area contributed by atoms with E-state index in [-0.39, 0.29) is 31.5 Å². The second-order valence-electron chi connectivity index (χ2n) is 3.27. The number of hydrogen-bond donors (Lipinski definition) is 3. The third-order valence-corrected chi connectivity index (χ3v) is 2.42. The van der Waals surface area contributed by atoms with Crippen molar-refractivity contribution in [2.45, 2.75) is 0 Å². The number of amides is 2. The minimum atomic E-state index is -0.331. The molecule has 0 aromatic heterocycles. The third kappa shape index (κ3) is 4.97. The second kappa shape index (κ2) is 7.03. The summed E-state index contributed by atoms with van der Waals surface area (Å²) >= 11 is 3.26. The Labute approximate surface area is 107 Å². The first kappa shape index (κ1) is 13.7. The Morgan fingerprint density at radius 3 is 2.71 bits per heavy atom. The first-order valence-corrected chi connectivity index (χ1v) is 5.84. The first-order chi connectivity index (χ1) is 8.13. The van der Waals surface area contributed by atoms with E-state index in [9.17, 15) is 9.59 Å². The molecule has 0 aliphatic heterocycles. The highest BCUT2D eigenvalue weighted by Crippen LogP contribution is 2.11. The summed E-state index contributed by atoms with van der Waals surface area (Å²) in [6, 6.07) is 6.88. The summed E-state index contributed by atoms with van der Waals surface area (Å²) in [5.41, 5.74) is 0.481. The average molecular weight is 301 g/mol. The normalized spacial score (nSPS) is 9.76. The summed E-state index contributed by atoms with van der Waals surface area (Å²) in [7, 11) is 0. The molecule has 2 amide bonds. The number of rotatable bonds is 5. The van der Waals surface area contributed by atoms with Crippen molar-refractivity contribution >= 4 is 27.7 Å². The number of aliphatic hydroxyl groups is 1. The van der Waals surface area contributed by atoms with Gasteiger partial charge in [0.25, 0.3) is 5.91 Å². The van der Waals surface area contributed by atoms with E-state index in [2.05, 4.69) is 26.6 Å². The number of hydrogen-bond acceptors (Lipinski definition) is 3. The van der Waals surface area contributed by atoms with E-state index in [1.54, 1.807) is 18.2 Å². The van der Waals surface area contributed by atoms with Gasteiger partial charge in [0.05, 0.1) is 13.2 Å². The smallest absolute Gasteiger partial charge is 0.251 e. The monoisotopic (exact) mass is 300 g/mol. The minimum Gasteiger partial charge on any atom is -0.395 e. The van der Waals surface area contributed by atoms with Gasteiger partial charge in [0.15, 0.2) is 0 Å². The molecule has 5 nitrogen and oxygen atoms in total. The quantitative estimate of drug-likeness (QED) is 0.731. The summed E-state index contributed by atoms with van der Waals surface area (Å²) in [5, 5.41) is 13.4. The largest absolute Gasteiger partial charge is 0.395 e. The predicted molar refractivity (Wildman–Crippen MR) is 66.6 cm³/mol. The highest BCUT2D eigenvalue weighted by Gasteiger charge is 2.07. The maximum atomic E-state index is 11.6. The van der Waals surface area contributed by atoms with Crippen LogP contribution in [0.3, 0.4) is 0 Å². The summed E-state index contributed by atoms with van der Waals surface area (Å²) < 4.78 is 0.801. The van der Waals surface area contributed by atoms with Crippen molar-refractivity contribution in [3.8, 4) is 0 Å². The van der Waals surface area contributed by atoms with Gasteiger partial charge in [-0.25, -0.2) is 0 Å². The van der Waals surface area contributed by atoms with E-state index < -0.39 is 0 Å². The number of carbonyl (C=O) groups is 2. The highest BCUT2D eigenvalue weighted by atomic mass is 79.9. The van der Waals surface area contributed by atoms with E-state index in [0.29, 0.717) is 5.56 Å². The summed E-state index contributed by atoms with van der Waals surface area (Å²) in [6.07, 6.45) is 0. The van der Waals surface area contributed by atoms with Gasteiger partial charge in [-0.2, -0.15) is 0 Å². The summed E-state index contributed by atoms with van der Waals surface area (Å²) in [6.45, 7) is -0.0394. The average Bonchev–Trinajstić information content (AvgIpc) is 2.33. The molecule has 0 spiro atoms. The molecule has 0 radical (unpaired) electrons. The Kier molecular flexibility index (Phi) is 5.65. The van der Waals surface area contributed by atoms with Crippen molar-refractivity contribution in [3.63, 3.8) is 0 Å². The molecule has 0 fully saturated rings. The lowest BCUT2D eigenvalue weighted by atomic mass is 10.2. The van der Waals surface area contributed by atoms with E-state index in [1.165, 1.54) is 0 Å². The van der Waals surface area contributed by atoms with E-state index >= 15 is 0 Å². The summed E-state index contributed by atoms with van der Waals surface area (Å²) in [5.74, 6) is -0.646. The van der Waals surface area contributed by atoms with E-state index in [4.69, 9.17) is 5.11 Å². The van der Waals surface area contributed by atoms with Crippen LogP contribution in [0.2, 0.25) is 0 Å². The third-order valence-electron chi connectivity index (χ3n) is 1.93. The van der Waals surface area contributed by atoms with Crippen LogP contribution in [-0.2, 0) is 4.79 Å². The Morgan fingerprint density at radius 1 is 1.29 bits per heavy atom. The molecule has 0 aliphatic rings. The molecular weight excluding hydrogens is 288 g/mol. The predicted octanol–water partition coefficient (Wildman–Crippen LogP) is 0.287. The second-order valence-corrected chi connectivity index (χ2v) is 4.18. The zero-order valence-corrected chi connectivity index (χ0v) is 10.7. The minimum absolute atomic E-state index is 0.106. The number of carbonyl (C=O) groups excluding carboxylic acids is 2. The molecule has 17 heavy (non-hydrogen) atoms.